The number of rotatable bonds is 3. The molecule has 0 spiro atoms. The Labute approximate surface area is 109 Å². The Hall–Kier alpha value is -2.56. The lowest BCUT2D eigenvalue weighted by molar-refractivity contribution is -0.385. The summed E-state index contributed by atoms with van der Waals surface area (Å²) in [6.45, 7) is 0.226. The van der Waals surface area contributed by atoms with Crippen LogP contribution in [0.1, 0.15) is 11.1 Å². The second-order valence-electron chi connectivity index (χ2n) is 4.25. The third-order valence-corrected chi connectivity index (χ3v) is 3.02. The molecule has 19 heavy (non-hydrogen) atoms. The van der Waals surface area contributed by atoms with Gasteiger partial charge in [0.15, 0.2) is 11.5 Å². The van der Waals surface area contributed by atoms with Crippen LogP contribution in [-0.4, -0.2) is 11.7 Å². The van der Waals surface area contributed by atoms with Crippen LogP contribution in [0.4, 0.5) is 5.69 Å². The molecule has 0 unspecified atom stereocenters. The third kappa shape index (κ3) is 2.22. The van der Waals surface area contributed by atoms with Crippen LogP contribution < -0.4 is 9.47 Å². The van der Waals surface area contributed by atoms with Gasteiger partial charge in [-0.3, -0.25) is 10.1 Å². The van der Waals surface area contributed by atoms with E-state index in [0.717, 1.165) is 5.56 Å². The lowest BCUT2D eigenvalue weighted by Gasteiger charge is -2.04. The van der Waals surface area contributed by atoms with Gasteiger partial charge in [-0.05, 0) is 17.7 Å². The van der Waals surface area contributed by atoms with E-state index in [1.807, 2.05) is 18.2 Å². The minimum Gasteiger partial charge on any atom is -0.454 e. The van der Waals surface area contributed by atoms with Gasteiger partial charge in [0, 0.05) is 18.1 Å². The van der Waals surface area contributed by atoms with E-state index in [0.29, 0.717) is 23.5 Å². The molecule has 0 aliphatic carbocycles. The monoisotopic (exact) mass is 257 g/mol. The van der Waals surface area contributed by atoms with Crippen molar-refractivity contribution < 1.29 is 14.4 Å². The van der Waals surface area contributed by atoms with Gasteiger partial charge in [0.2, 0.25) is 6.79 Å². The van der Waals surface area contributed by atoms with Gasteiger partial charge in [-0.15, -0.1) is 0 Å². The lowest BCUT2D eigenvalue weighted by Crippen LogP contribution is -1.96. The maximum absolute atomic E-state index is 11.0. The Balaban J connectivity index is 1.91. The van der Waals surface area contributed by atoms with Gasteiger partial charge in [-0.2, -0.15) is 0 Å². The van der Waals surface area contributed by atoms with Crippen molar-refractivity contribution in [1.82, 2.24) is 0 Å². The summed E-state index contributed by atoms with van der Waals surface area (Å²) in [5.41, 5.74) is 1.78. The number of nitro groups is 1. The summed E-state index contributed by atoms with van der Waals surface area (Å²) in [6.07, 6.45) is 0.494. The van der Waals surface area contributed by atoms with Gasteiger partial charge in [0.1, 0.15) is 0 Å². The second kappa shape index (κ2) is 4.61. The molecule has 1 heterocycles. The van der Waals surface area contributed by atoms with E-state index in [1.165, 1.54) is 6.07 Å². The first kappa shape index (κ1) is 11.5. The van der Waals surface area contributed by atoms with E-state index in [4.69, 9.17) is 9.47 Å². The Morgan fingerprint density at radius 3 is 2.74 bits per heavy atom. The van der Waals surface area contributed by atoms with E-state index < -0.39 is 0 Å². The molecule has 0 saturated carbocycles. The molecule has 2 aromatic carbocycles. The molecule has 0 saturated heterocycles. The van der Waals surface area contributed by atoms with Crippen molar-refractivity contribution in [3.63, 3.8) is 0 Å². The normalized spacial score (nSPS) is 12.4. The topological polar surface area (TPSA) is 61.6 Å². The van der Waals surface area contributed by atoms with Gasteiger partial charge in [-0.1, -0.05) is 24.3 Å². The fourth-order valence-corrected chi connectivity index (χ4v) is 2.11. The molecule has 0 N–H and O–H groups in total. The highest BCUT2D eigenvalue weighted by Crippen LogP contribution is 2.33. The van der Waals surface area contributed by atoms with E-state index in [2.05, 4.69) is 0 Å². The van der Waals surface area contributed by atoms with Gasteiger partial charge in [0.25, 0.3) is 5.69 Å². The Morgan fingerprint density at radius 2 is 1.89 bits per heavy atom. The van der Waals surface area contributed by atoms with Gasteiger partial charge in [0.05, 0.1) is 4.92 Å². The molecule has 0 fully saturated rings. The average Bonchev–Trinajstić information content (AvgIpc) is 2.86. The van der Waals surface area contributed by atoms with E-state index >= 15 is 0 Å². The quantitative estimate of drug-likeness (QED) is 0.626. The van der Waals surface area contributed by atoms with Crippen molar-refractivity contribution in [3.05, 3.63) is 63.7 Å². The van der Waals surface area contributed by atoms with Crippen molar-refractivity contribution in [2.45, 2.75) is 6.42 Å². The molecular weight excluding hydrogens is 246 g/mol. The smallest absolute Gasteiger partial charge is 0.272 e. The molecule has 1 aliphatic rings. The standard InChI is InChI=1S/C14H11NO4/c16-15(17)12-4-2-1-3-11(12)7-10-5-6-13-14(8-10)19-9-18-13/h1-6,8H,7,9H2. The van der Waals surface area contributed by atoms with Crippen LogP contribution in [-0.2, 0) is 6.42 Å². The van der Waals surface area contributed by atoms with Crippen molar-refractivity contribution in [1.29, 1.82) is 0 Å². The largest absolute Gasteiger partial charge is 0.454 e. The summed E-state index contributed by atoms with van der Waals surface area (Å²) in [5.74, 6) is 1.40. The van der Waals surface area contributed by atoms with Crippen molar-refractivity contribution in [2.75, 3.05) is 6.79 Å². The molecule has 0 aromatic heterocycles. The predicted octanol–water partition coefficient (Wildman–Crippen LogP) is 2.91. The zero-order valence-corrected chi connectivity index (χ0v) is 10.0. The van der Waals surface area contributed by atoms with Crippen molar-refractivity contribution >= 4 is 5.69 Å². The van der Waals surface area contributed by atoms with Crippen LogP contribution in [0.2, 0.25) is 0 Å². The van der Waals surface area contributed by atoms with Crippen LogP contribution in [0.25, 0.3) is 0 Å². The number of nitro benzene ring substituents is 1. The zero-order chi connectivity index (χ0) is 13.2. The highest BCUT2D eigenvalue weighted by Gasteiger charge is 2.16. The Kier molecular flexibility index (Phi) is 2.79. The minimum atomic E-state index is -0.359. The first-order valence-corrected chi connectivity index (χ1v) is 5.85. The van der Waals surface area contributed by atoms with Crippen molar-refractivity contribution in [2.24, 2.45) is 0 Å². The maximum atomic E-state index is 11.0. The molecule has 0 amide bonds. The molecule has 5 heteroatoms. The number of nitrogens with zero attached hydrogens (tertiary/aromatic N) is 1. The summed E-state index contributed by atoms with van der Waals surface area (Å²) in [6, 6.07) is 12.3. The fraction of sp³-hybridized carbons (Fsp3) is 0.143. The number of benzene rings is 2. The first-order valence-electron chi connectivity index (χ1n) is 5.85. The lowest BCUT2D eigenvalue weighted by atomic mass is 10.0. The number of hydrogen-bond donors (Lipinski definition) is 0. The maximum Gasteiger partial charge on any atom is 0.272 e. The zero-order valence-electron chi connectivity index (χ0n) is 10.0. The first-order chi connectivity index (χ1) is 9.24. The molecule has 0 atom stereocenters. The molecule has 2 aromatic rings. The number of hydrogen-bond acceptors (Lipinski definition) is 4. The van der Waals surface area contributed by atoms with E-state index in [1.54, 1.807) is 18.2 Å². The highest BCUT2D eigenvalue weighted by atomic mass is 16.7. The summed E-state index contributed by atoms with van der Waals surface area (Å²) < 4.78 is 10.5. The van der Waals surface area contributed by atoms with E-state index in [9.17, 15) is 10.1 Å². The van der Waals surface area contributed by atoms with Crippen LogP contribution in [0.3, 0.4) is 0 Å². The van der Waals surface area contributed by atoms with E-state index in [-0.39, 0.29) is 17.4 Å². The predicted molar refractivity (Wildman–Crippen MR) is 68.5 cm³/mol. The average molecular weight is 257 g/mol. The molecule has 5 nitrogen and oxygen atoms in total. The fourth-order valence-electron chi connectivity index (χ4n) is 2.11. The highest BCUT2D eigenvalue weighted by molar-refractivity contribution is 5.48. The van der Waals surface area contributed by atoms with Gasteiger partial charge < -0.3 is 9.47 Å². The van der Waals surface area contributed by atoms with Crippen LogP contribution in [0, 0.1) is 10.1 Å². The van der Waals surface area contributed by atoms with Gasteiger partial charge in [-0.25, -0.2) is 0 Å². The summed E-state index contributed by atoms with van der Waals surface area (Å²) in [4.78, 5) is 10.6. The number of ether oxygens (including phenoxy) is 2. The summed E-state index contributed by atoms with van der Waals surface area (Å²) in [7, 11) is 0. The molecule has 3 rings (SSSR count). The summed E-state index contributed by atoms with van der Waals surface area (Å²) >= 11 is 0. The van der Waals surface area contributed by atoms with Crippen LogP contribution in [0.5, 0.6) is 11.5 Å². The number of para-hydroxylation sites is 1. The minimum absolute atomic E-state index is 0.139. The molecule has 0 bridgehead atoms. The van der Waals surface area contributed by atoms with Crippen molar-refractivity contribution in [3.8, 4) is 11.5 Å². The number of fused-ring (bicyclic) bond motifs is 1. The third-order valence-electron chi connectivity index (χ3n) is 3.02. The molecule has 96 valence electrons. The van der Waals surface area contributed by atoms with Crippen LogP contribution in [0.15, 0.2) is 42.5 Å². The molecule has 1 aliphatic heterocycles. The molecular formula is C14H11NO4. The summed E-state index contributed by atoms with van der Waals surface area (Å²) in [5, 5.41) is 11.0. The second-order valence-corrected chi connectivity index (χ2v) is 4.25. The molecule has 0 radical (unpaired) electrons. The Bertz CT molecular complexity index is 639. The van der Waals surface area contributed by atoms with Crippen LogP contribution >= 0.6 is 0 Å². The van der Waals surface area contributed by atoms with Gasteiger partial charge >= 0.3 is 0 Å². The SMILES string of the molecule is O=[N+]([O-])c1ccccc1Cc1ccc2c(c1)OCO2. The Morgan fingerprint density at radius 1 is 1.11 bits per heavy atom.